The molecule has 0 N–H and O–H groups in total. The predicted octanol–water partition coefficient (Wildman–Crippen LogP) is 3.93. The minimum Gasteiger partial charge on any atom is -0.0972 e. The maximum atomic E-state index is 3.30. The van der Waals surface area contributed by atoms with Gasteiger partial charge in [-0.05, 0) is 43.1 Å². The molecule has 2 atom stereocenters. The van der Waals surface area contributed by atoms with Crippen LogP contribution >= 0.6 is 0 Å². The van der Waals surface area contributed by atoms with Crippen molar-refractivity contribution in [1.82, 2.24) is 0 Å². The average Bonchev–Trinajstić information content (AvgIpc) is 2.23. The first-order valence-electron chi connectivity index (χ1n) is 6.48. The molecule has 0 aromatic carbocycles. The Morgan fingerprint density at radius 1 is 1.00 bits per heavy atom. The van der Waals surface area contributed by atoms with Crippen molar-refractivity contribution in [3.05, 3.63) is 11.1 Å². The fraction of sp³-hybridized carbons (Fsp3) is 0.625. The van der Waals surface area contributed by atoms with Gasteiger partial charge in [0.15, 0.2) is 0 Å². The molecule has 0 spiro atoms. The zero-order valence-electron chi connectivity index (χ0n) is 10.4. The van der Waals surface area contributed by atoms with Crippen LogP contribution in [0.15, 0.2) is 11.1 Å². The Kier molecular flexibility index (Phi) is 3.74. The highest BCUT2D eigenvalue weighted by atomic mass is 14.2. The lowest BCUT2D eigenvalue weighted by Gasteiger charge is -2.22. The van der Waals surface area contributed by atoms with Crippen LogP contribution in [0.4, 0.5) is 0 Å². The Bertz CT molecular complexity index is 403. The maximum Gasteiger partial charge on any atom is 0.0738 e. The van der Waals surface area contributed by atoms with Gasteiger partial charge in [-0.15, -0.1) is 0 Å². The summed E-state index contributed by atoms with van der Waals surface area (Å²) in [6.45, 7) is 4.69. The van der Waals surface area contributed by atoms with Gasteiger partial charge in [0.25, 0.3) is 0 Å². The van der Waals surface area contributed by atoms with Crippen LogP contribution in [0.25, 0.3) is 0 Å². The quantitative estimate of drug-likeness (QED) is 0.534. The van der Waals surface area contributed by atoms with E-state index in [1.54, 1.807) is 0 Å². The molecule has 0 saturated heterocycles. The monoisotopic (exact) mass is 212 g/mol. The van der Waals surface area contributed by atoms with Crippen LogP contribution in [0, 0.1) is 35.5 Å². The molecule has 2 unspecified atom stereocenters. The second-order valence-electron chi connectivity index (χ2n) is 5.15. The van der Waals surface area contributed by atoms with Crippen LogP contribution in [0.2, 0.25) is 0 Å². The van der Waals surface area contributed by atoms with Crippen LogP contribution < -0.4 is 0 Å². The largest absolute Gasteiger partial charge is 0.0972 e. The van der Waals surface area contributed by atoms with Gasteiger partial charge >= 0.3 is 0 Å². The van der Waals surface area contributed by atoms with Gasteiger partial charge in [-0.1, -0.05) is 37.5 Å². The normalized spacial score (nSPS) is 29.4. The van der Waals surface area contributed by atoms with E-state index in [0.717, 1.165) is 24.3 Å². The van der Waals surface area contributed by atoms with E-state index in [9.17, 15) is 0 Å². The van der Waals surface area contributed by atoms with Crippen LogP contribution in [0.5, 0.6) is 0 Å². The molecule has 0 amide bonds. The minimum atomic E-state index is 0.680. The molecule has 0 saturated carbocycles. The van der Waals surface area contributed by atoms with E-state index < -0.39 is 0 Å². The third-order valence-electron chi connectivity index (χ3n) is 3.61. The summed E-state index contributed by atoms with van der Waals surface area (Å²) in [5, 5.41) is 0. The highest BCUT2D eigenvalue weighted by molar-refractivity contribution is 5.49. The van der Waals surface area contributed by atoms with Gasteiger partial charge in [-0.2, -0.15) is 0 Å². The van der Waals surface area contributed by atoms with Crippen molar-refractivity contribution in [3.63, 3.8) is 0 Å². The Hall–Kier alpha value is -1.14. The Morgan fingerprint density at radius 2 is 1.75 bits per heavy atom. The first kappa shape index (κ1) is 11.3. The molecule has 0 aromatic heterocycles. The third-order valence-corrected chi connectivity index (χ3v) is 3.61. The zero-order valence-corrected chi connectivity index (χ0v) is 10.4. The van der Waals surface area contributed by atoms with Crippen LogP contribution in [-0.4, -0.2) is 0 Å². The van der Waals surface area contributed by atoms with Crippen molar-refractivity contribution >= 4 is 0 Å². The first-order valence-corrected chi connectivity index (χ1v) is 6.48. The van der Waals surface area contributed by atoms with E-state index in [2.05, 4.69) is 37.5 Å². The van der Waals surface area contributed by atoms with Crippen molar-refractivity contribution in [1.29, 1.82) is 0 Å². The molecule has 0 heterocycles. The molecule has 0 aliphatic heterocycles. The van der Waals surface area contributed by atoms with Crippen LogP contribution in [0.3, 0.4) is 0 Å². The summed E-state index contributed by atoms with van der Waals surface area (Å²) >= 11 is 0. The molecule has 84 valence electrons. The first-order chi connectivity index (χ1) is 7.77. The molecule has 2 rings (SSSR count). The summed E-state index contributed by atoms with van der Waals surface area (Å²) in [6.07, 6.45) is 7.05. The van der Waals surface area contributed by atoms with E-state index in [-0.39, 0.29) is 0 Å². The van der Waals surface area contributed by atoms with Crippen LogP contribution in [-0.2, 0) is 0 Å². The molecular formula is C16H20. The van der Waals surface area contributed by atoms with Crippen molar-refractivity contribution in [3.8, 4) is 23.7 Å². The summed E-state index contributed by atoms with van der Waals surface area (Å²) in [5.41, 5.74) is 2.69. The van der Waals surface area contributed by atoms with Crippen LogP contribution in [0.1, 0.15) is 52.4 Å². The van der Waals surface area contributed by atoms with E-state index >= 15 is 0 Å². The summed E-state index contributed by atoms with van der Waals surface area (Å²) in [4.78, 5) is 0. The summed E-state index contributed by atoms with van der Waals surface area (Å²) < 4.78 is 0. The molecule has 0 fully saturated rings. The molecule has 2 aliphatic carbocycles. The zero-order chi connectivity index (χ0) is 11.4. The second-order valence-corrected chi connectivity index (χ2v) is 5.15. The molecule has 0 bridgehead atoms. The molecule has 2 aliphatic rings. The van der Waals surface area contributed by atoms with Gasteiger partial charge in [0.2, 0.25) is 0 Å². The fourth-order valence-corrected chi connectivity index (χ4v) is 2.51. The molecular weight excluding hydrogens is 192 g/mol. The Balaban J connectivity index is 2.38. The number of hydrogen-bond donors (Lipinski definition) is 0. The molecule has 0 radical (unpaired) electrons. The Labute approximate surface area is 99.5 Å². The molecule has 16 heavy (non-hydrogen) atoms. The maximum absolute atomic E-state index is 3.30. The smallest absolute Gasteiger partial charge is 0.0738 e. The summed E-state index contributed by atoms with van der Waals surface area (Å²) in [7, 11) is 0. The van der Waals surface area contributed by atoms with E-state index in [0.29, 0.717) is 5.92 Å². The van der Waals surface area contributed by atoms with Crippen molar-refractivity contribution in [2.24, 2.45) is 11.8 Å². The van der Waals surface area contributed by atoms with Gasteiger partial charge < -0.3 is 0 Å². The number of rotatable bonds is 0. The number of allylic oxidation sites excluding steroid dienone is 2. The second kappa shape index (κ2) is 5.27. The van der Waals surface area contributed by atoms with E-state index in [1.165, 1.54) is 31.3 Å². The van der Waals surface area contributed by atoms with Gasteiger partial charge in [0.05, 0.1) is 5.57 Å². The highest BCUT2D eigenvalue weighted by Gasteiger charge is 2.17. The lowest BCUT2D eigenvalue weighted by Crippen LogP contribution is -2.09. The number of hydrogen-bond acceptors (Lipinski definition) is 0. The summed E-state index contributed by atoms with van der Waals surface area (Å²) in [6, 6.07) is 0. The lowest BCUT2D eigenvalue weighted by molar-refractivity contribution is 0.480. The van der Waals surface area contributed by atoms with E-state index in [4.69, 9.17) is 0 Å². The fourth-order valence-electron chi connectivity index (χ4n) is 2.51. The van der Waals surface area contributed by atoms with Gasteiger partial charge in [0, 0.05) is 12.8 Å². The van der Waals surface area contributed by atoms with Gasteiger partial charge in [-0.25, -0.2) is 0 Å². The van der Waals surface area contributed by atoms with E-state index in [1.807, 2.05) is 0 Å². The Morgan fingerprint density at radius 3 is 2.56 bits per heavy atom. The highest BCUT2D eigenvalue weighted by Crippen LogP contribution is 2.30. The average molecular weight is 212 g/mol. The SMILES string of the molecule is CC1CCC#CC2=C(C1)C(C)CCCC#C2. The topological polar surface area (TPSA) is 0 Å². The molecule has 0 nitrogen and oxygen atoms in total. The van der Waals surface area contributed by atoms with Gasteiger partial charge in [-0.3, -0.25) is 0 Å². The van der Waals surface area contributed by atoms with Crippen molar-refractivity contribution < 1.29 is 0 Å². The lowest BCUT2D eigenvalue weighted by atomic mass is 9.82. The van der Waals surface area contributed by atoms with Crippen molar-refractivity contribution in [2.45, 2.75) is 52.4 Å². The molecule has 0 heteroatoms. The molecule has 0 aromatic rings. The standard InChI is InChI=1S/C16H20/c1-13-8-6-7-11-15-10-5-3-4-9-14(2)16(15)12-13/h13-14H,3-4,6,8-9,12H2,1-2H3. The minimum absolute atomic E-state index is 0.680. The van der Waals surface area contributed by atoms with Crippen molar-refractivity contribution in [2.75, 3.05) is 0 Å². The summed E-state index contributed by atoms with van der Waals surface area (Å²) in [5.74, 6) is 14.6. The third kappa shape index (κ3) is 2.70. The predicted molar refractivity (Wildman–Crippen MR) is 68.6 cm³/mol. The van der Waals surface area contributed by atoms with Gasteiger partial charge in [0.1, 0.15) is 0 Å².